The SMILES string of the molecule is Cc1nc(C(C)N(C)CC(=O)NCc2ccc(C(=O)O)o2)c(C)s1. The number of thiazole rings is 1. The lowest BCUT2D eigenvalue weighted by molar-refractivity contribution is -0.122. The van der Waals surface area contributed by atoms with E-state index in [0.29, 0.717) is 5.76 Å². The van der Waals surface area contributed by atoms with Crippen molar-refractivity contribution in [2.24, 2.45) is 0 Å². The highest BCUT2D eigenvalue weighted by Crippen LogP contribution is 2.25. The molecular formula is C16H21N3O4S. The molecule has 2 rings (SSSR count). The van der Waals surface area contributed by atoms with Gasteiger partial charge in [0.05, 0.1) is 29.8 Å². The Hall–Kier alpha value is -2.19. The summed E-state index contributed by atoms with van der Waals surface area (Å²) < 4.78 is 5.10. The van der Waals surface area contributed by atoms with Gasteiger partial charge in [-0.05, 0) is 40.0 Å². The number of rotatable bonds is 7. The number of nitrogens with zero attached hydrogens (tertiary/aromatic N) is 2. The van der Waals surface area contributed by atoms with Crippen molar-refractivity contribution in [1.29, 1.82) is 0 Å². The second kappa shape index (κ2) is 7.59. The predicted octanol–water partition coefficient (Wildman–Crippen LogP) is 2.36. The molecule has 1 atom stereocenters. The Kier molecular flexibility index (Phi) is 5.74. The third-order valence-corrected chi connectivity index (χ3v) is 4.62. The molecule has 8 heteroatoms. The number of carbonyl (C=O) groups excluding carboxylic acids is 1. The summed E-state index contributed by atoms with van der Waals surface area (Å²) in [4.78, 5) is 30.4. The lowest BCUT2D eigenvalue weighted by Crippen LogP contribution is -2.36. The van der Waals surface area contributed by atoms with Gasteiger partial charge >= 0.3 is 5.97 Å². The zero-order valence-electron chi connectivity index (χ0n) is 14.1. The van der Waals surface area contributed by atoms with Gasteiger partial charge < -0.3 is 14.8 Å². The van der Waals surface area contributed by atoms with Crippen LogP contribution in [0.25, 0.3) is 0 Å². The minimum Gasteiger partial charge on any atom is -0.475 e. The number of carboxylic acid groups (broad SMARTS) is 1. The lowest BCUT2D eigenvalue weighted by atomic mass is 10.2. The average molecular weight is 351 g/mol. The molecule has 2 aromatic heterocycles. The Morgan fingerprint density at radius 3 is 2.67 bits per heavy atom. The van der Waals surface area contributed by atoms with Gasteiger partial charge in [-0.15, -0.1) is 11.3 Å². The molecule has 0 aliphatic carbocycles. The van der Waals surface area contributed by atoms with Gasteiger partial charge in [0.1, 0.15) is 5.76 Å². The topological polar surface area (TPSA) is 95.7 Å². The van der Waals surface area contributed by atoms with Crippen LogP contribution in [0.1, 0.15) is 44.9 Å². The smallest absolute Gasteiger partial charge is 0.371 e. The van der Waals surface area contributed by atoms with Crippen LogP contribution in [0.5, 0.6) is 0 Å². The largest absolute Gasteiger partial charge is 0.475 e. The van der Waals surface area contributed by atoms with E-state index in [9.17, 15) is 9.59 Å². The van der Waals surface area contributed by atoms with Crippen LogP contribution in [0.15, 0.2) is 16.5 Å². The van der Waals surface area contributed by atoms with Gasteiger partial charge in [-0.3, -0.25) is 9.69 Å². The number of carbonyl (C=O) groups is 2. The zero-order chi connectivity index (χ0) is 17.9. The first-order chi connectivity index (χ1) is 11.3. The fourth-order valence-electron chi connectivity index (χ4n) is 2.33. The van der Waals surface area contributed by atoms with Gasteiger partial charge in [-0.25, -0.2) is 9.78 Å². The molecule has 0 saturated carbocycles. The maximum Gasteiger partial charge on any atom is 0.371 e. The van der Waals surface area contributed by atoms with Gasteiger partial charge in [-0.1, -0.05) is 0 Å². The first-order valence-corrected chi connectivity index (χ1v) is 8.32. The highest BCUT2D eigenvalue weighted by atomic mass is 32.1. The van der Waals surface area contributed by atoms with Crippen molar-refractivity contribution in [3.8, 4) is 0 Å². The van der Waals surface area contributed by atoms with Crippen molar-refractivity contribution in [2.45, 2.75) is 33.4 Å². The van der Waals surface area contributed by atoms with Crippen LogP contribution in [0.2, 0.25) is 0 Å². The highest BCUT2D eigenvalue weighted by Gasteiger charge is 2.19. The number of hydrogen-bond acceptors (Lipinski definition) is 6. The molecule has 2 N–H and O–H groups in total. The molecule has 0 bridgehead atoms. The Balaban J connectivity index is 1.86. The van der Waals surface area contributed by atoms with Crippen molar-refractivity contribution in [2.75, 3.05) is 13.6 Å². The normalized spacial score (nSPS) is 12.4. The van der Waals surface area contributed by atoms with Gasteiger partial charge in [0.25, 0.3) is 0 Å². The maximum atomic E-state index is 12.1. The van der Waals surface area contributed by atoms with Crippen LogP contribution in [-0.2, 0) is 11.3 Å². The molecule has 0 radical (unpaired) electrons. The molecular weight excluding hydrogens is 330 g/mol. The number of likely N-dealkylation sites (N-methyl/N-ethyl adjacent to an activating group) is 1. The number of carboxylic acids is 1. The second-order valence-corrected chi connectivity index (χ2v) is 7.02. The summed E-state index contributed by atoms with van der Waals surface area (Å²) in [7, 11) is 1.87. The van der Waals surface area contributed by atoms with Crippen LogP contribution in [-0.4, -0.2) is 40.5 Å². The molecule has 0 aromatic carbocycles. The van der Waals surface area contributed by atoms with Gasteiger partial charge in [0.15, 0.2) is 0 Å². The van der Waals surface area contributed by atoms with E-state index in [1.54, 1.807) is 11.3 Å². The van der Waals surface area contributed by atoms with E-state index in [1.807, 2.05) is 32.7 Å². The summed E-state index contributed by atoms with van der Waals surface area (Å²) in [6.07, 6.45) is 0. The minimum absolute atomic E-state index is 0.0305. The van der Waals surface area contributed by atoms with Crippen molar-refractivity contribution in [3.05, 3.63) is 39.2 Å². The van der Waals surface area contributed by atoms with E-state index in [-0.39, 0.29) is 30.8 Å². The summed E-state index contributed by atoms with van der Waals surface area (Å²) in [5, 5.41) is 12.5. The monoisotopic (exact) mass is 351 g/mol. The van der Waals surface area contributed by atoms with E-state index < -0.39 is 5.97 Å². The second-order valence-electron chi connectivity index (χ2n) is 5.61. The van der Waals surface area contributed by atoms with E-state index in [2.05, 4.69) is 10.3 Å². The molecule has 1 unspecified atom stereocenters. The molecule has 2 aromatic rings. The highest BCUT2D eigenvalue weighted by molar-refractivity contribution is 7.11. The van der Waals surface area contributed by atoms with Gasteiger partial charge in [0.2, 0.25) is 11.7 Å². The van der Waals surface area contributed by atoms with Crippen LogP contribution in [0.4, 0.5) is 0 Å². The molecule has 130 valence electrons. The third kappa shape index (κ3) is 4.42. The Bertz CT molecular complexity index is 738. The molecule has 0 aliphatic rings. The fraction of sp³-hybridized carbons (Fsp3) is 0.438. The van der Waals surface area contributed by atoms with E-state index in [4.69, 9.17) is 9.52 Å². The Morgan fingerprint density at radius 1 is 1.42 bits per heavy atom. The van der Waals surface area contributed by atoms with Gasteiger partial charge in [-0.2, -0.15) is 0 Å². The molecule has 0 saturated heterocycles. The molecule has 7 nitrogen and oxygen atoms in total. The summed E-state index contributed by atoms with van der Waals surface area (Å²) >= 11 is 1.65. The fourth-order valence-corrected chi connectivity index (χ4v) is 3.24. The molecule has 0 aliphatic heterocycles. The summed E-state index contributed by atoms with van der Waals surface area (Å²) in [5.74, 6) is -1.03. The summed E-state index contributed by atoms with van der Waals surface area (Å²) in [5.41, 5.74) is 0.991. The number of aromatic carboxylic acids is 1. The number of amides is 1. The van der Waals surface area contributed by atoms with Crippen molar-refractivity contribution < 1.29 is 19.1 Å². The first kappa shape index (κ1) is 18.2. The van der Waals surface area contributed by atoms with Crippen LogP contribution in [0, 0.1) is 13.8 Å². The van der Waals surface area contributed by atoms with Gasteiger partial charge in [0, 0.05) is 4.88 Å². The molecule has 0 spiro atoms. The average Bonchev–Trinajstić information content (AvgIpc) is 3.10. The van der Waals surface area contributed by atoms with E-state index in [0.717, 1.165) is 15.6 Å². The van der Waals surface area contributed by atoms with Crippen LogP contribution >= 0.6 is 11.3 Å². The Labute approximate surface area is 144 Å². The molecule has 1 amide bonds. The minimum atomic E-state index is -1.13. The summed E-state index contributed by atoms with van der Waals surface area (Å²) in [6, 6.07) is 2.94. The first-order valence-electron chi connectivity index (χ1n) is 7.50. The van der Waals surface area contributed by atoms with E-state index in [1.165, 1.54) is 12.1 Å². The predicted molar refractivity (Wildman–Crippen MR) is 90.1 cm³/mol. The molecule has 2 heterocycles. The number of aromatic nitrogens is 1. The van der Waals surface area contributed by atoms with Crippen molar-refractivity contribution in [1.82, 2.24) is 15.2 Å². The van der Waals surface area contributed by atoms with Crippen molar-refractivity contribution >= 4 is 23.2 Å². The number of furan rings is 1. The molecule has 24 heavy (non-hydrogen) atoms. The Morgan fingerprint density at radius 2 is 2.12 bits per heavy atom. The number of hydrogen-bond donors (Lipinski definition) is 2. The zero-order valence-corrected chi connectivity index (χ0v) is 14.9. The lowest BCUT2D eigenvalue weighted by Gasteiger charge is -2.23. The number of nitrogens with one attached hydrogen (secondary N) is 1. The standard InChI is InChI=1S/C16H21N3O4S/c1-9(15-10(2)24-11(3)18-15)19(4)8-14(20)17-7-12-5-6-13(23-12)16(21)22/h5-6,9H,7-8H2,1-4H3,(H,17,20)(H,21,22). The van der Waals surface area contributed by atoms with Crippen molar-refractivity contribution in [3.63, 3.8) is 0 Å². The maximum absolute atomic E-state index is 12.1. The number of aryl methyl sites for hydroxylation is 2. The molecule has 0 fully saturated rings. The van der Waals surface area contributed by atoms with Crippen LogP contribution in [0.3, 0.4) is 0 Å². The summed E-state index contributed by atoms with van der Waals surface area (Å²) in [6.45, 7) is 6.38. The third-order valence-electron chi connectivity index (χ3n) is 3.72. The quantitative estimate of drug-likeness (QED) is 0.795. The van der Waals surface area contributed by atoms with Crippen LogP contribution < -0.4 is 5.32 Å². The van der Waals surface area contributed by atoms with E-state index >= 15 is 0 Å².